The summed E-state index contributed by atoms with van der Waals surface area (Å²) in [5, 5.41) is 0. The lowest BCUT2D eigenvalue weighted by molar-refractivity contribution is 0.0531. The summed E-state index contributed by atoms with van der Waals surface area (Å²) in [4.78, 5) is 36.8. The van der Waals surface area contributed by atoms with Gasteiger partial charge in [-0.1, -0.05) is 0 Å². The van der Waals surface area contributed by atoms with Gasteiger partial charge in [0.1, 0.15) is 5.69 Å². The highest BCUT2D eigenvalue weighted by molar-refractivity contribution is 5.97. The van der Waals surface area contributed by atoms with Crippen molar-refractivity contribution in [3.8, 4) is 11.5 Å². The van der Waals surface area contributed by atoms with E-state index in [0.717, 1.165) is 5.56 Å². The lowest BCUT2D eigenvalue weighted by Gasteiger charge is -2.34. The van der Waals surface area contributed by atoms with Gasteiger partial charge in [0.25, 0.3) is 11.8 Å². The molecule has 0 bridgehead atoms. The number of aromatic nitrogens is 2. The lowest BCUT2D eigenvalue weighted by Crippen LogP contribution is -2.50. The lowest BCUT2D eigenvalue weighted by atomic mass is 10.1. The summed E-state index contributed by atoms with van der Waals surface area (Å²) in [6.07, 6.45) is 4.47. The van der Waals surface area contributed by atoms with Crippen molar-refractivity contribution in [3.63, 3.8) is 0 Å². The number of carbonyl (C=O) groups is 2. The van der Waals surface area contributed by atoms with Gasteiger partial charge in [-0.25, -0.2) is 4.98 Å². The van der Waals surface area contributed by atoms with Crippen LogP contribution in [0.4, 0.5) is 0 Å². The number of aryl methyl sites for hydroxylation is 1. The molecule has 1 aromatic heterocycles. The fraction of sp³-hybridized carbons (Fsp3) is 0.368. The zero-order chi connectivity index (χ0) is 19.4. The molecule has 0 N–H and O–H groups in total. The Bertz CT molecular complexity index is 833. The molecule has 1 fully saturated rings. The molecule has 0 spiro atoms. The predicted octanol–water partition coefficient (Wildman–Crippen LogP) is 1.40. The minimum atomic E-state index is -0.169. The summed E-state index contributed by atoms with van der Waals surface area (Å²) in [7, 11) is 3.10. The number of hydrogen-bond acceptors (Lipinski definition) is 6. The molecule has 8 nitrogen and oxygen atoms in total. The zero-order valence-electron chi connectivity index (χ0n) is 15.6. The van der Waals surface area contributed by atoms with Crippen LogP contribution in [-0.4, -0.2) is 72.0 Å². The number of rotatable bonds is 4. The molecule has 0 unspecified atom stereocenters. The Morgan fingerprint density at radius 3 is 2.07 bits per heavy atom. The van der Waals surface area contributed by atoms with Crippen LogP contribution in [0.2, 0.25) is 0 Å². The Kier molecular flexibility index (Phi) is 5.54. The van der Waals surface area contributed by atoms with Crippen LogP contribution in [0, 0.1) is 6.92 Å². The van der Waals surface area contributed by atoms with E-state index in [1.807, 2.05) is 6.92 Å². The van der Waals surface area contributed by atoms with Crippen molar-refractivity contribution in [2.45, 2.75) is 6.92 Å². The van der Waals surface area contributed by atoms with E-state index in [2.05, 4.69) is 9.97 Å². The van der Waals surface area contributed by atoms with Crippen LogP contribution in [0.3, 0.4) is 0 Å². The van der Waals surface area contributed by atoms with Gasteiger partial charge in [-0.3, -0.25) is 14.6 Å². The maximum atomic E-state index is 12.9. The first-order valence-electron chi connectivity index (χ1n) is 8.62. The molecule has 1 aromatic carbocycles. The van der Waals surface area contributed by atoms with Crippen molar-refractivity contribution in [3.05, 3.63) is 47.5 Å². The smallest absolute Gasteiger partial charge is 0.274 e. The standard InChI is InChI=1S/C19H22N4O4/c1-13-10-16(26-2)17(27-3)11-14(13)18(24)22-6-8-23(9-7-22)19(25)15-12-20-4-5-21-15/h4-5,10-12H,6-9H2,1-3H3. The van der Waals surface area contributed by atoms with Gasteiger partial charge in [-0.15, -0.1) is 0 Å². The van der Waals surface area contributed by atoms with Crippen LogP contribution in [0.1, 0.15) is 26.4 Å². The molecule has 1 aliphatic heterocycles. The number of ether oxygens (including phenoxy) is 2. The SMILES string of the molecule is COc1cc(C)c(C(=O)N2CCN(C(=O)c3cnccn3)CC2)cc1OC. The van der Waals surface area contributed by atoms with E-state index < -0.39 is 0 Å². The van der Waals surface area contributed by atoms with E-state index in [-0.39, 0.29) is 11.8 Å². The molecule has 1 aliphatic rings. The van der Waals surface area contributed by atoms with Crippen molar-refractivity contribution in [2.24, 2.45) is 0 Å². The molecule has 2 heterocycles. The quantitative estimate of drug-likeness (QED) is 0.809. The maximum absolute atomic E-state index is 12.9. The van der Waals surface area contributed by atoms with E-state index >= 15 is 0 Å². The fourth-order valence-electron chi connectivity index (χ4n) is 3.07. The van der Waals surface area contributed by atoms with Gasteiger partial charge in [-0.2, -0.15) is 0 Å². The van der Waals surface area contributed by atoms with Gasteiger partial charge < -0.3 is 19.3 Å². The molecule has 8 heteroatoms. The summed E-state index contributed by atoms with van der Waals surface area (Å²) in [6, 6.07) is 3.49. The van der Waals surface area contributed by atoms with Crippen molar-refractivity contribution in [1.82, 2.24) is 19.8 Å². The Balaban J connectivity index is 1.69. The third-order valence-corrected chi connectivity index (χ3v) is 4.60. The average Bonchev–Trinajstić information content (AvgIpc) is 2.73. The third kappa shape index (κ3) is 3.84. The molecule has 0 radical (unpaired) electrons. The molecular weight excluding hydrogens is 348 g/mol. The van der Waals surface area contributed by atoms with Crippen LogP contribution in [0.5, 0.6) is 11.5 Å². The van der Waals surface area contributed by atoms with Crippen molar-refractivity contribution in [1.29, 1.82) is 0 Å². The molecule has 0 atom stereocenters. The van der Waals surface area contributed by atoms with Crippen molar-refractivity contribution < 1.29 is 19.1 Å². The van der Waals surface area contributed by atoms with Gasteiger partial charge in [0.2, 0.25) is 0 Å². The molecule has 0 aliphatic carbocycles. The predicted molar refractivity (Wildman–Crippen MR) is 98.1 cm³/mol. The number of nitrogens with zero attached hydrogens (tertiary/aromatic N) is 4. The molecule has 27 heavy (non-hydrogen) atoms. The highest BCUT2D eigenvalue weighted by Gasteiger charge is 2.27. The van der Waals surface area contributed by atoms with Crippen LogP contribution in [0.25, 0.3) is 0 Å². The van der Waals surface area contributed by atoms with Gasteiger partial charge >= 0.3 is 0 Å². The number of carbonyl (C=O) groups excluding carboxylic acids is 2. The minimum Gasteiger partial charge on any atom is -0.493 e. The second-order valence-corrected chi connectivity index (χ2v) is 6.20. The van der Waals surface area contributed by atoms with E-state index in [0.29, 0.717) is 48.9 Å². The Hall–Kier alpha value is -3.16. The van der Waals surface area contributed by atoms with Crippen LogP contribution in [-0.2, 0) is 0 Å². The summed E-state index contributed by atoms with van der Waals surface area (Å²) >= 11 is 0. The van der Waals surface area contributed by atoms with Gasteiger partial charge in [0.05, 0.1) is 20.4 Å². The maximum Gasteiger partial charge on any atom is 0.274 e. The monoisotopic (exact) mass is 370 g/mol. The topological polar surface area (TPSA) is 84.9 Å². The zero-order valence-corrected chi connectivity index (χ0v) is 15.6. The third-order valence-electron chi connectivity index (χ3n) is 4.60. The summed E-state index contributed by atoms with van der Waals surface area (Å²) in [6.45, 7) is 3.68. The number of piperazine rings is 1. The molecule has 2 aromatic rings. The van der Waals surface area contributed by atoms with Crippen LogP contribution in [0.15, 0.2) is 30.7 Å². The second-order valence-electron chi connectivity index (χ2n) is 6.20. The Morgan fingerprint density at radius 1 is 0.926 bits per heavy atom. The van der Waals surface area contributed by atoms with Gasteiger partial charge in [-0.05, 0) is 24.6 Å². The fourth-order valence-corrected chi connectivity index (χ4v) is 3.07. The molecular formula is C19H22N4O4. The number of amides is 2. The molecule has 142 valence electrons. The highest BCUT2D eigenvalue weighted by atomic mass is 16.5. The largest absolute Gasteiger partial charge is 0.493 e. The summed E-state index contributed by atoms with van der Waals surface area (Å²) in [5.74, 6) is 0.853. The van der Waals surface area contributed by atoms with Crippen molar-refractivity contribution in [2.75, 3.05) is 40.4 Å². The molecule has 3 rings (SSSR count). The number of methoxy groups -OCH3 is 2. The first kappa shape index (κ1) is 18.6. The molecule has 2 amide bonds. The summed E-state index contributed by atoms with van der Waals surface area (Å²) in [5.41, 5.74) is 1.70. The molecule has 0 saturated carbocycles. The normalized spacial score (nSPS) is 14.0. The van der Waals surface area contributed by atoms with E-state index in [9.17, 15) is 9.59 Å². The van der Waals surface area contributed by atoms with Crippen molar-refractivity contribution >= 4 is 11.8 Å². The first-order chi connectivity index (χ1) is 13.0. The highest BCUT2D eigenvalue weighted by Crippen LogP contribution is 2.31. The van der Waals surface area contributed by atoms with Crippen LogP contribution < -0.4 is 9.47 Å². The van der Waals surface area contributed by atoms with Gasteiger partial charge in [0, 0.05) is 44.1 Å². The average molecular weight is 370 g/mol. The van der Waals surface area contributed by atoms with E-state index in [1.54, 1.807) is 29.0 Å². The van der Waals surface area contributed by atoms with Gasteiger partial charge in [0.15, 0.2) is 11.5 Å². The summed E-state index contributed by atoms with van der Waals surface area (Å²) < 4.78 is 10.6. The second kappa shape index (κ2) is 8.03. The Morgan fingerprint density at radius 2 is 1.52 bits per heavy atom. The Labute approximate surface area is 157 Å². The number of hydrogen-bond donors (Lipinski definition) is 0. The van der Waals surface area contributed by atoms with E-state index in [4.69, 9.17) is 9.47 Å². The molecule has 1 saturated heterocycles. The van der Waals surface area contributed by atoms with Crippen LogP contribution >= 0.6 is 0 Å². The van der Waals surface area contributed by atoms with E-state index in [1.165, 1.54) is 25.7 Å². The number of benzene rings is 1. The minimum absolute atomic E-state index is 0.0833. The first-order valence-corrected chi connectivity index (χ1v) is 8.62.